The Balaban J connectivity index is 6.13. The maximum absolute atomic E-state index is 12.5. The van der Waals surface area contributed by atoms with Gasteiger partial charge in [-0.15, -0.1) is 0 Å². The van der Waals surface area contributed by atoms with Gasteiger partial charge in [0.2, 0.25) is 5.71 Å². The molecule has 0 aromatic carbocycles. The zero-order valence-corrected chi connectivity index (χ0v) is 9.80. The molecule has 6 nitrogen and oxygen atoms in total. The predicted molar refractivity (Wildman–Crippen MR) is 48.5 cm³/mol. The minimum absolute atomic E-state index is 0.375. The number of halogens is 6. The highest BCUT2D eigenvalue weighted by Crippen LogP contribution is 2.34. The summed E-state index contributed by atoms with van der Waals surface area (Å²) >= 11 is 0. The summed E-state index contributed by atoms with van der Waals surface area (Å²) in [7, 11) is 0.814. The molecule has 0 saturated carbocycles. The van der Waals surface area contributed by atoms with Crippen molar-refractivity contribution in [2.75, 3.05) is 14.2 Å². The molecule has 1 N–H and O–H groups in total. The van der Waals surface area contributed by atoms with Gasteiger partial charge in [0.15, 0.2) is 0 Å². The molecule has 116 valence electrons. The van der Waals surface area contributed by atoms with Gasteiger partial charge in [0, 0.05) is 0 Å². The molecule has 0 amide bonds. The summed E-state index contributed by atoms with van der Waals surface area (Å²) in [5.41, 5.74) is -7.63. The zero-order valence-electron chi connectivity index (χ0n) is 9.80. The van der Waals surface area contributed by atoms with E-state index in [9.17, 15) is 35.9 Å². The zero-order chi connectivity index (χ0) is 16.4. The van der Waals surface area contributed by atoms with Gasteiger partial charge in [0.05, 0.1) is 14.2 Å². The van der Waals surface area contributed by atoms with Crippen LogP contribution in [0, 0.1) is 0 Å². The van der Waals surface area contributed by atoms with Crippen LogP contribution < -0.4 is 0 Å². The molecule has 0 saturated heterocycles. The molecule has 0 aliphatic carbocycles. The number of nitrogens with zero attached hydrogens (tertiary/aromatic N) is 1. The van der Waals surface area contributed by atoms with Gasteiger partial charge in [-0.3, -0.25) is 0 Å². The van der Waals surface area contributed by atoms with E-state index in [1.807, 2.05) is 0 Å². The van der Waals surface area contributed by atoms with Gasteiger partial charge in [-0.25, -0.2) is 14.6 Å². The van der Waals surface area contributed by atoms with Crippen molar-refractivity contribution in [1.29, 1.82) is 0 Å². The van der Waals surface area contributed by atoms with Crippen LogP contribution in [0.4, 0.5) is 26.3 Å². The highest BCUT2D eigenvalue weighted by atomic mass is 19.4. The number of alkyl halides is 6. The number of esters is 2. The van der Waals surface area contributed by atoms with Crippen molar-refractivity contribution in [3.05, 3.63) is 0 Å². The molecule has 1 atom stereocenters. The normalized spacial score (nSPS) is 16.4. The topological polar surface area (TPSA) is 85.2 Å². The number of hydrogen-bond acceptors (Lipinski definition) is 6. The fourth-order valence-electron chi connectivity index (χ4n) is 0.850. The molecule has 12 heteroatoms. The van der Waals surface area contributed by atoms with E-state index in [-0.39, 0.29) is 0 Å². The van der Waals surface area contributed by atoms with E-state index in [0.29, 0.717) is 14.2 Å². The standard InChI is InChI=1S/C8H7F6NO5/c1-19-4(16)3(7(9,10)11)15-6(18,5(17)20-2)8(12,13)14/h18H,1-2H3/b15-3+. The summed E-state index contributed by atoms with van der Waals surface area (Å²) < 4.78 is 81.7. The fraction of sp³-hybridized carbons (Fsp3) is 0.625. The highest BCUT2D eigenvalue weighted by molar-refractivity contribution is 6.39. The fourth-order valence-corrected chi connectivity index (χ4v) is 0.850. The highest BCUT2D eigenvalue weighted by Gasteiger charge is 2.63. The Hall–Kier alpha value is -1.85. The van der Waals surface area contributed by atoms with Crippen LogP contribution >= 0.6 is 0 Å². The van der Waals surface area contributed by atoms with E-state index < -0.39 is 35.7 Å². The monoisotopic (exact) mass is 311 g/mol. The van der Waals surface area contributed by atoms with Crippen LogP contribution in [-0.4, -0.2) is 55.1 Å². The van der Waals surface area contributed by atoms with E-state index in [1.165, 1.54) is 0 Å². The van der Waals surface area contributed by atoms with Crippen LogP contribution in [0.5, 0.6) is 0 Å². The molecule has 0 aliphatic heterocycles. The second-order valence-electron chi connectivity index (χ2n) is 3.11. The number of aliphatic hydroxyl groups is 1. The molecule has 0 heterocycles. The molecule has 0 aliphatic rings. The van der Waals surface area contributed by atoms with E-state index >= 15 is 0 Å². The Morgan fingerprint density at radius 3 is 1.70 bits per heavy atom. The Labute approximate surface area is 107 Å². The minimum atomic E-state index is -5.95. The van der Waals surface area contributed by atoms with Crippen LogP contribution in [0.15, 0.2) is 4.99 Å². The Morgan fingerprint density at radius 1 is 1.00 bits per heavy atom. The maximum atomic E-state index is 12.5. The first-order valence-electron chi connectivity index (χ1n) is 4.44. The summed E-state index contributed by atoms with van der Waals surface area (Å²) in [5, 5.41) is 9.00. The van der Waals surface area contributed by atoms with Gasteiger partial charge in [0.25, 0.3) is 0 Å². The summed E-state index contributed by atoms with van der Waals surface area (Å²) in [6, 6.07) is 0. The van der Waals surface area contributed by atoms with Crippen molar-refractivity contribution < 1.29 is 50.5 Å². The van der Waals surface area contributed by atoms with Crippen LogP contribution in [0.3, 0.4) is 0 Å². The smallest absolute Gasteiger partial charge is 0.450 e. The van der Waals surface area contributed by atoms with Crippen molar-refractivity contribution in [2.24, 2.45) is 4.99 Å². The SMILES string of the molecule is COC(=O)/C(=N\C(O)(C(=O)OC)C(F)(F)F)C(F)(F)F. The van der Waals surface area contributed by atoms with Gasteiger partial charge in [-0.05, 0) is 0 Å². The first-order chi connectivity index (χ1) is 8.81. The number of hydrogen-bond donors (Lipinski definition) is 1. The van der Waals surface area contributed by atoms with Crippen LogP contribution in [0.25, 0.3) is 0 Å². The Morgan fingerprint density at radius 2 is 1.45 bits per heavy atom. The summed E-state index contributed by atoms with van der Waals surface area (Å²) in [4.78, 5) is 23.4. The molecule has 0 spiro atoms. The predicted octanol–water partition coefficient (Wildman–Crippen LogP) is 0.587. The van der Waals surface area contributed by atoms with E-state index in [2.05, 4.69) is 9.47 Å². The molecular formula is C8H7F6NO5. The number of methoxy groups -OCH3 is 2. The van der Waals surface area contributed by atoms with E-state index in [4.69, 9.17) is 5.11 Å². The average Bonchev–Trinajstić information content (AvgIpc) is 2.30. The third-order valence-electron chi connectivity index (χ3n) is 1.79. The van der Waals surface area contributed by atoms with Gasteiger partial charge in [-0.2, -0.15) is 26.3 Å². The minimum Gasteiger partial charge on any atom is -0.465 e. The number of aliphatic imine (C=N–C) groups is 1. The molecule has 0 aromatic heterocycles. The van der Waals surface area contributed by atoms with Gasteiger partial charge >= 0.3 is 30.0 Å². The average molecular weight is 311 g/mol. The first-order valence-corrected chi connectivity index (χ1v) is 4.44. The lowest BCUT2D eigenvalue weighted by Gasteiger charge is -2.24. The quantitative estimate of drug-likeness (QED) is 0.468. The van der Waals surface area contributed by atoms with Crippen LogP contribution in [0.1, 0.15) is 0 Å². The molecular weight excluding hydrogens is 304 g/mol. The van der Waals surface area contributed by atoms with Gasteiger partial charge < -0.3 is 14.6 Å². The number of rotatable bonds is 3. The lowest BCUT2D eigenvalue weighted by molar-refractivity contribution is -0.259. The molecule has 0 bridgehead atoms. The molecule has 0 fully saturated rings. The molecule has 0 rings (SSSR count). The van der Waals surface area contributed by atoms with Crippen molar-refractivity contribution >= 4 is 17.7 Å². The lowest BCUT2D eigenvalue weighted by Crippen LogP contribution is -2.53. The second kappa shape index (κ2) is 5.64. The number of carbonyl (C=O) groups excluding carboxylic acids is 2. The Bertz CT molecular complexity index is 428. The van der Waals surface area contributed by atoms with Crippen molar-refractivity contribution in [2.45, 2.75) is 18.1 Å². The number of ether oxygens (including phenoxy) is 2. The molecule has 0 radical (unpaired) electrons. The van der Waals surface area contributed by atoms with Crippen LogP contribution in [-0.2, 0) is 19.1 Å². The van der Waals surface area contributed by atoms with Crippen molar-refractivity contribution in [3.63, 3.8) is 0 Å². The first kappa shape index (κ1) is 18.1. The summed E-state index contributed by atoms with van der Waals surface area (Å²) in [6.45, 7) is 0. The lowest BCUT2D eigenvalue weighted by atomic mass is 10.2. The van der Waals surface area contributed by atoms with Gasteiger partial charge in [0.1, 0.15) is 0 Å². The molecule has 20 heavy (non-hydrogen) atoms. The van der Waals surface area contributed by atoms with E-state index in [0.717, 1.165) is 0 Å². The third-order valence-corrected chi connectivity index (χ3v) is 1.79. The van der Waals surface area contributed by atoms with Crippen molar-refractivity contribution in [3.8, 4) is 0 Å². The van der Waals surface area contributed by atoms with Crippen LogP contribution in [0.2, 0.25) is 0 Å². The largest absolute Gasteiger partial charge is 0.465 e. The second-order valence-corrected chi connectivity index (χ2v) is 3.11. The summed E-state index contributed by atoms with van der Waals surface area (Å²) in [6.07, 6.45) is -11.6. The number of carbonyl (C=O) groups is 2. The maximum Gasteiger partial charge on any atom is 0.450 e. The summed E-state index contributed by atoms with van der Waals surface area (Å²) in [5.74, 6) is -4.86. The van der Waals surface area contributed by atoms with Crippen molar-refractivity contribution in [1.82, 2.24) is 0 Å². The van der Waals surface area contributed by atoms with E-state index in [1.54, 1.807) is 4.99 Å². The Kier molecular flexibility index (Phi) is 5.12. The van der Waals surface area contributed by atoms with Gasteiger partial charge in [-0.1, -0.05) is 0 Å². The molecule has 1 unspecified atom stereocenters. The molecule has 0 aromatic rings. The third kappa shape index (κ3) is 3.59.